The number of hydrogen-bond acceptors (Lipinski definition) is 4. The summed E-state index contributed by atoms with van der Waals surface area (Å²) in [6.45, 7) is 2.56. The number of likely N-dealkylation sites (tertiary alicyclic amines) is 1. The van der Waals surface area contributed by atoms with E-state index in [9.17, 15) is 4.79 Å². The van der Waals surface area contributed by atoms with E-state index in [2.05, 4.69) is 29.6 Å². The fourth-order valence-electron chi connectivity index (χ4n) is 3.63. The average molecular weight is 352 g/mol. The largest absolute Gasteiger partial charge is 0.454 e. The van der Waals surface area contributed by atoms with Gasteiger partial charge in [0.15, 0.2) is 11.5 Å². The Morgan fingerprint density at radius 2 is 1.96 bits per heavy atom. The Labute approximate surface area is 153 Å². The molecular weight excluding hydrogens is 328 g/mol. The third kappa shape index (κ3) is 3.83. The quantitative estimate of drug-likeness (QED) is 0.832. The van der Waals surface area contributed by atoms with Crippen LogP contribution in [-0.4, -0.2) is 36.7 Å². The van der Waals surface area contributed by atoms with Gasteiger partial charge < -0.3 is 19.7 Å². The van der Waals surface area contributed by atoms with E-state index < -0.39 is 0 Å². The van der Waals surface area contributed by atoms with Crippen molar-refractivity contribution >= 4 is 5.91 Å². The molecule has 5 nitrogen and oxygen atoms in total. The lowest BCUT2D eigenvalue weighted by atomic mass is 10.1. The number of carbonyl (C=O) groups excluding carboxylic acids is 1. The topological polar surface area (TPSA) is 50.8 Å². The minimum absolute atomic E-state index is 0.192. The fourth-order valence-corrected chi connectivity index (χ4v) is 3.63. The predicted molar refractivity (Wildman–Crippen MR) is 99.2 cm³/mol. The van der Waals surface area contributed by atoms with Gasteiger partial charge in [0.05, 0.1) is 0 Å². The molecule has 1 N–H and O–H groups in total. The molecule has 26 heavy (non-hydrogen) atoms. The summed E-state index contributed by atoms with van der Waals surface area (Å²) in [6.07, 6.45) is 2.58. The lowest BCUT2D eigenvalue weighted by Crippen LogP contribution is -2.33. The maximum Gasteiger partial charge on any atom is 0.231 e. The first kappa shape index (κ1) is 16.9. The van der Waals surface area contributed by atoms with Gasteiger partial charge >= 0.3 is 0 Å². The van der Waals surface area contributed by atoms with Crippen molar-refractivity contribution in [2.75, 3.05) is 19.9 Å². The number of aryl methyl sites for hydroxylation is 1. The van der Waals surface area contributed by atoms with Gasteiger partial charge in [0.1, 0.15) is 0 Å². The molecule has 5 heteroatoms. The Kier molecular flexibility index (Phi) is 5.07. The summed E-state index contributed by atoms with van der Waals surface area (Å²) in [5, 5.41) is 3.50. The first-order valence-corrected chi connectivity index (χ1v) is 9.22. The van der Waals surface area contributed by atoms with Crippen molar-refractivity contribution < 1.29 is 14.3 Å². The molecule has 1 fully saturated rings. The smallest absolute Gasteiger partial charge is 0.231 e. The summed E-state index contributed by atoms with van der Waals surface area (Å²) in [5.74, 6) is 1.87. The molecule has 4 rings (SSSR count). The van der Waals surface area contributed by atoms with Crippen LogP contribution in [0.4, 0.5) is 0 Å². The van der Waals surface area contributed by atoms with E-state index in [0.29, 0.717) is 13.0 Å². The Morgan fingerprint density at radius 1 is 1.08 bits per heavy atom. The van der Waals surface area contributed by atoms with Crippen molar-refractivity contribution in [3.63, 3.8) is 0 Å². The number of rotatable bonds is 7. The van der Waals surface area contributed by atoms with Gasteiger partial charge in [0, 0.05) is 37.7 Å². The first-order chi connectivity index (χ1) is 12.8. The van der Waals surface area contributed by atoms with Crippen molar-refractivity contribution in [2.24, 2.45) is 0 Å². The van der Waals surface area contributed by atoms with Crippen LogP contribution in [0, 0.1) is 0 Å². The van der Waals surface area contributed by atoms with Gasteiger partial charge in [0.25, 0.3) is 0 Å². The zero-order valence-corrected chi connectivity index (χ0v) is 14.8. The Balaban J connectivity index is 1.25. The van der Waals surface area contributed by atoms with Crippen LogP contribution in [0.3, 0.4) is 0 Å². The second kappa shape index (κ2) is 7.79. The molecule has 1 atom stereocenters. The summed E-state index contributed by atoms with van der Waals surface area (Å²) >= 11 is 0. The summed E-state index contributed by atoms with van der Waals surface area (Å²) in [5.41, 5.74) is 2.41. The zero-order chi connectivity index (χ0) is 17.8. The Hall–Kier alpha value is -2.53. The number of ether oxygens (including phenoxy) is 2. The molecule has 1 unspecified atom stereocenters. The van der Waals surface area contributed by atoms with Gasteiger partial charge in [-0.3, -0.25) is 4.79 Å². The number of para-hydroxylation sites is 1. The van der Waals surface area contributed by atoms with Crippen LogP contribution < -0.4 is 14.8 Å². The third-order valence-corrected chi connectivity index (χ3v) is 5.01. The second-order valence-corrected chi connectivity index (χ2v) is 6.86. The van der Waals surface area contributed by atoms with E-state index in [-0.39, 0.29) is 18.7 Å². The van der Waals surface area contributed by atoms with E-state index in [1.807, 2.05) is 29.2 Å². The summed E-state index contributed by atoms with van der Waals surface area (Å²) in [7, 11) is 0. The molecular formula is C21H24N2O3. The normalized spacial score (nSPS) is 18.5. The second-order valence-electron chi connectivity index (χ2n) is 6.86. The highest BCUT2D eigenvalue weighted by Crippen LogP contribution is 2.35. The molecule has 0 spiro atoms. The number of benzene rings is 2. The summed E-state index contributed by atoms with van der Waals surface area (Å²) in [4.78, 5) is 14.2. The van der Waals surface area contributed by atoms with Gasteiger partial charge in [-0.2, -0.15) is 0 Å². The fraction of sp³-hybridized carbons (Fsp3) is 0.381. The number of fused-ring (bicyclic) bond motifs is 1. The summed E-state index contributed by atoms with van der Waals surface area (Å²) in [6, 6.07) is 16.5. The van der Waals surface area contributed by atoms with Gasteiger partial charge in [-0.25, -0.2) is 0 Å². The minimum atomic E-state index is 0.192. The number of amides is 1. The first-order valence-electron chi connectivity index (χ1n) is 9.22. The summed E-state index contributed by atoms with van der Waals surface area (Å²) < 4.78 is 11.0. The van der Waals surface area contributed by atoms with Crippen molar-refractivity contribution in [3.05, 3.63) is 59.7 Å². The van der Waals surface area contributed by atoms with Crippen molar-refractivity contribution in [1.82, 2.24) is 10.2 Å². The van der Waals surface area contributed by atoms with Crippen molar-refractivity contribution in [3.8, 4) is 11.5 Å². The van der Waals surface area contributed by atoms with E-state index in [1.165, 1.54) is 5.56 Å². The van der Waals surface area contributed by atoms with Crippen LogP contribution in [0.2, 0.25) is 0 Å². The van der Waals surface area contributed by atoms with Crippen LogP contribution in [0.1, 0.15) is 24.0 Å². The zero-order valence-electron chi connectivity index (χ0n) is 14.8. The Bertz CT molecular complexity index is 763. The highest BCUT2D eigenvalue weighted by molar-refractivity contribution is 5.79. The number of nitrogens with one attached hydrogen (secondary N) is 1. The van der Waals surface area contributed by atoms with Crippen LogP contribution in [0.25, 0.3) is 0 Å². The van der Waals surface area contributed by atoms with E-state index >= 15 is 0 Å². The van der Waals surface area contributed by atoms with Crippen molar-refractivity contribution in [2.45, 2.75) is 31.8 Å². The van der Waals surface area contributed by atoms with Crippen LogP contribution in [0.5, 0.6) is 11.5 Å². The molecule has 136 valence electrons. The van der Waals surface area contributed by atoms with E-state index in [4.69, 9.17) is 9.47 Å². The molecule has 2 aromatic carbocycles. The molecule has 0 bridgehead atoms. The van der Waals surface area contributed by atoms with Crippen LogP contribution >= 0.6 is 0 Å². The maximum atomic E-state index is 12.3. The average Bonchev–Trinajstić information content (AvgIpc) is 3.28. The molecule has 2 heterocycles. The molecule has 2 aliphatic heterocycles. The Morgan fingerprint density at radius 3 is 2.85 bits per heavy atom. The van der Waals surface area contributed by atoms with Crippen LogP contribution in [0.15, 0.2) is 48.5 Å². The van der Waals surface area contributed by atoms with Gasteiger partial charge in [0.2, 0.25) is 12.7 Å². The van der Waals surface area contributed by atoms with Gasteiger partial charge in [-0.15, -0.1) is 0 Å². The molecule has 1 amide bonds. The predicted octanol–water partition coefficient (Wildman–Crippen LogP) is 2.74. The number of hydrogen-bond donors (Lipinski definition) is 1. The standard InChI is InChI=1S/C21H24N2O3/c24-20-12-18(14-23(20)11-5-8-16-6-2-1-3-7-16)22-13-17-9-4-10-19-21(17)26-15-25-19/h1-4,6-7,9-10,18,22H,5,8,11-15H2. The SMILES string of the molecule is O=C1CC(NCc2cccc3c2OCO3)CN1CCCc1ccccc1. The number of carbonyl (C=O) groups is 1. The molecule has 2 aromatic rings. The molecule has 0 radical (unpaired) electrons. The third-order valence-electron chi connectivity index (χ3n) is 5.01. The molecule has 1 saturated heterocycles. The lowest BCUT2D eigenvalue weighted by molar-refractivity contribution is -0.127. The van der Waals surface area contributed by atoms with Crippen molar-refractivity contribution in [1.29, 1.82) is 0 Å². The highest BCUT2D eigenvalue weighted by atomic mass is 16.7. The maximum absolute atomic E-state index is 12.3. The van der Waals surface area contributed by atoms with E-state index in [1.54, 1.807) is 0 Å². The monoisotopic (exact) mass is 352 g/mol. The van der Waals surface area contributed by atoms with Crippen LogP contribution in [-0.2, 0) is 17.8 Å². The molecule has 0 saturated carbocycles. The van der Waals surface area contributed by atoms with E-state index in [0.717, 1.165) is 43.0 Å². The van der Waals surface area contributed by atoms with Gasteiger partial charge in [-0.1, -0.05) is 42.5 Å². The number of nitrogens with zero attached hydrogens (tertiary/aromatic N) is 1. The minimum Gasteiger partial charge on any atom is -0.454 e. The van der Waals surface area contributed by atoms with Gasteiger partial charge in [-0.05, 0) is 24.5 Å². The highest BCUT2D eigenvalue weighted by Gasteiger charge is 2.29. The molecule has 0 aromatic heterocycles. The molecule has 2 aliphatic rings. The molecule has 0 aliphatic carbocycles. The lowest BCUT2D eigenvalue weighted by Gasteiger charge is -2.17.